The Balaban J connectivity index is 2.54. The van der Waals surface area contributed by atoms with Crippen LogP contribution in [-0.2, 0) is 0 Å². The lowest BCUT2D eigenvalue weighted by Gasteiger charge is -2.04. The number of aromatic amines is 1. The van der Waals surface area contributed by atoms with E-state index in [-0.39, 0.29) is 11.3 Å². The van der Waals surface area contributed by atoms with Gasteiger partial charge in [-0.05, 0) is 39.7 Å². The van der Waals surface area contributed by atoms with Gasteiger partial charge in [0.25, 0.3) is 11.2 Å². The molecule has 0 saturated heterocycles. The van der Waals surface area contributed by atoms with E-state index in [4.69, 9.17) is 5.26 Å². The Hall–Kier alpha value is -2.46. The third-order valence-corrected chi connectivity index (χ3v) is 3.11. The van der Waals surface area contributed by atoms with Crippen LogP contribution in [0.2, 0.25) is 0 Å². The van der Waals surface area contributed by atoms with Crippen molar-refractivity contribution in [2.75, 3.05) is 0 Å². The molecule has 0 unspecified atom stereocenters. The van der Waals surface area contributed by atoms with E-state index in [1.54, 1.807) is 6.07 Å². The van der Waals surface area contributed by atoms with E-state index in [0.29, 0.717) is 15.7 Å². The minimum absolute atomic E-state index is 0.00228. The number of nitro groups is 1. The first-order valence-corrected chi connectivity index (χ1v) is 5.90. The van der Waals surface area contributed by atoms with Gasteiger partial charge < -0.3 is 4.98 Å². The number of benzene rings is 1. The SMILES string of the molecule is N#Cc1cc(Br)c(-c2ccc([N+](=O)[O-])cc2)[nH]c1=O. The number of aromatic nitrogens is 1. The molecule has 0 spiro atoms. The first kappa shape index (κ1) is 13.0. The summed E-state index contributed by atoms with van der Waals surface area (Å²) in [6.07, 6.45) is 0. The van der Waals surface area contributed by atoms with Crippen LogP contribution in [-0.4, -0.2) is 9.91 Å². The van der Waals surface area contributed by atoms with Crippen LogP contribution in [0.25, 0.3) is 11.3 Å². The summed E-state index contributed by atoms with van der Waals surface area (Å²) in [6, 6.07) is 8.94. The number of nitro benzene ring substituents is 1. The van der Waals surface area contributed by atoms with E-state index < -0.39 is 10.5 Å². The van der Waals surface area contributed by atoms with Gasteiger partial charge in [-0.1, -0.05) is 0 Å². The van der Waals surface area contributed by atoms with E-state index in [0.717, 1.165) is 0 Å². The highest BCUT2D eigenvalue weighted by molar-refractivity contribution is 9.10. The van der Waals surface area contributed by atoms with E-state index in [9.17, 15) is 14.9 Å². The molecule has 0 saturated carbocycles. The van der Waals surface area contributed by atoms with E-state index in [1.165, 1.54) is 30.3 Å². The lowest BCUT2D eigenvalue weighted by atomic mass is 10.1. The largest absolute Gasteiger partial charge is 0.320 e. The Kier molecular flexibility index (Phi) is 3.44. The summed E-state index contributed by atoms with van der Waals surface area (Å²) in [6.45, 7) is 0. The Morgan fingerprint density at radius 1 is 1.32 bits per heavy atom. The maximum atomic E-state index is 11.6. The van der Waals surface area contributed by atoms with Crippen molar-refractivity contribution in [3.63, 3.8) is 0 Å². The van der Waals surface area contributed by atoms with Crippen molar-refractivity contribution < 1.29 is 4.92 Å². The number of nitrogens with one attached hydrogen (secondary N) is 1. The quantitative estimate of drug-likeness (QED) is 0.679. The fourth-order valence-electron chi connectivity index (χ4n) is 1.55. The molecule has 94 valence electrons. The number of pyridine rings is 1. The normalized spacial score (nSPS) is 9.89. The number of halogens is 1. The highest BCUT2D eigenvalue weighted by atomic mass is 79.9. The first-order valence-electron chi connectivity index (χ1n) is 5.10. The van der Waals surface area contributed by atoms with Gasteiger partial charge in [-0.25, -0.2) is 0 Å². The predicted octanol–water partition coefficient (Wildman–Crippen LogP) is 2.58. The molecule has 0 aliphatic carbocycles. The Morgan fingerprint density at radius 2 is 1.95 bits per heavy atom. The minimum Gasteiger partial charge on any atom is -0.320 e. The molecule has 1 heterocycles. The molecule has 0 radical (unpaired) electrons. The summed E-state index contributed by atoms with van der Waals surface area (Å²) < 4.78 is 0.539. The van der Waals surface area contributed by atoms with Gasteiger partial charge in [0, 0.05) is 16.6 Å². The van der Waals surface area contributed by atoms with Gasteiger partial charge in [0.2, 0.25) is 0 Å². The maximum absolute atomic E-state index is 11.6. The second-order valence-corrected chi connectivity index (χ2v) is 4.51. The molecule has 2 aromatic rings. The smallest absolute Gasteiger partial charge is 0.269 e. The second-order valence-electron chi connectivity index (χ2n) is 3.65. The Bertz CT molecular complexity index is 744. The fourth-order valence-corrected chi connectivity index (χ4v) is 2.10. The molecule has 0 bridgehead atoms. The molecular weight excluding hydrogens is 314 g/mol. The minimum atomic E-state index is -0.501. The summed E-state index contributed by atoms with van der Waals surface area (Å²) in [4.78, 5) is 24.2. The Morgan fingerprint density at radius 3 is 2.47 bits per heavy atom. The molecule has 1 aromatic carbocycles. The number of H-pyrrole nitrogens is 1. The summed E-state index contributed by atoms with van der Waals surface area (Å²) >= 11 is 3.25. The third-order valence-electron chi connectivity index (χ3n) is 2.48. The number of rotatable bonds is 2. The summed E-state index contributed by atoms with van der Waals surface area (Å²) in [5.74, 6) is 0. The van der Waals surface area contributed by atoms with E-state index >= 15 is 0 Å². The lowest BCUT2D eigenvalue weighted by Crippen LogP contribution is -2.11. The van der Waals surface area contributed by atoms with Crippen LogP contribution in [0.15, 0.2) is 39.6 Å². The van der Waals surface area contributed by atoms with E-state index in [1.807, 2.05) is 0 Å². The lowest BCUT2D eigenvalue weighted by molar-refractivity contribution is -0.384. The average molecular weight is 320 g/mol. The summed E-state index contributed by atoms with van der Waals surface area (Å²) in [5.41, 5.74) is 0.547. The molecule has 0 atom stereocenters. The van der Waals surface area contributed by atoms with Gasteiger partial charge >= 0.3 is 0 Å². The van der Waals surface area contributed by atoms with Gasteiger partial charge in [-0.2, -0.15) is 5.26 Å². The molecule has 1 aromatic heterocycles. The standard InChI is InChI=1S/C12H6BrN3O3/c13-10-5-8(6-14)12(17)15-11(10)7-1-3-9(4-2-7)16(18)19/h1-5H,(H,15,17). The van der Waals surface area contributed by atoms with Crippen LogP contribution in [0.5, 0.6) is 0 Å². The van der Waals surface area contributed by atoms with Crippen molar-refractivity contribution in [2.24, 2.45) is 0 Å². The molecule has 7 heteroatoms. The molecule has 19 heavy (non-hydrogen) atoms. The molecule has 0 amide bonds. The number of hydrogen-bond acceptors (Lipinski definition) is 4. The van der Waals surface area contributed by atoms with Crippen LogP contribution in [0.4, 0.5) is 5.69 Å². The highest BCUT2D eigenvalue weighted by Gasteiger charge is 2.10. The monoisotopic (exact) mass is 319 g/mol. The van der Waals surface area contributed by atoms with Gasteiger partial charge in [-0.3, -0.25) is 14.9 Å². The maximum Gasteiger partial charge on any atom is 0.269 e. The zero-order chi connectivity index (χ0) is 14.0. The van der Waals surface area contributed by atoms with Crippen molar-refractivity contribution >= 4 is 21.6 Å². The van der Waals surface area contributed by atoms with Crippen molar-refractivity contribution in [3.8, 4) is 17.3 Å². The average Bonchev–Trinajstić information content (AvgIpc) is 2.41. The van der Waals surface area contributed by atoms with Crippen LogP contribution < -0.4 is 5.56 Å². The molecule has 2 rings (SSSR count). The van der Waals surface area contributed by atoms with Crippen molar-refractivity contribution in [3.05, 3.63) is 60.8 Å². The fraction of sp³-hybridized carbons (Fsp3) is 0. The zero-order valence-electron chi connectivity index (χ0n) is 9.38. The van der Waals surface area contributed by atoms with Crippen molar-refractivity contribution in [1.82, 2.24) is 4.98 Å². The predicted molar refractivity (Wildman–Crippen MR) is 71.6 cm³/mol. The second kappa shape index (κ2) is 5.04. The summed E-state index contributed by atoms with van der Waals surface area (Å²) in [7, 11) is 0. The molecular formula is C12H6BrN3O3. The van der Waals surface area contributed by atoms with Crippen molar-refractivity contribution in [1.29, 1.82) is 5.26 Å². The number of nitrogens with zero attached hydrogens (tertiary/aromatic N) is 2. The zero-order valence-corrected chi connectivity index (χ0v) is 11.0. The van der Waals surface area contributed by atoms with Crippen molar-refractivity contribution in [2.45, 2.75) is 0 Å². The van der Waals surface area contributed by atoms with E-state index in [2.05, 4.69) is 20.9 Å². The van der Waals surface area contributed by atoms with Gasteiger partial charge in [-0.15, -0.1) is 0 Å². The van der Waals surface area contributed by atoms with Gasteiger partial charge in [0.1, 0.15) is 11.6 Å². The topological polar surface area (TPSA) is 99.8 Å². The molecule has 0 aliphatic rings. The first-order chi connectivity index (χ1) is 9.02. The molecule has 0 fully saturated rings. The molecule has 6 nitrogen and oxygen atoms in total. The number of hydrogen-bond donors (Lipinski definition) is 1. The Labute approximate surface area is 115 Å². The van der Waals surface area contributed by atoms with Crippen LogP contribution in [0.3, 0.4) is 0 Å². The third kappa shape index (κ3) is 2.53. The number of non-ortho nitro benzene ring substituents is 1. The number of nitriles is 1. The summed E-state index contributed by atoms with van der Waals surface area (Å²) in [5, 5.41) is 19.3. The highest BCUT2D eigenvalue weighted by Crippen LogP contribution is 2.26. The van der Waals surface area contributed by atoms with Crippen LogP contribution in [0.1, 0.15) is 5.56 Å². The van der Waals surface area contributed by atoms with Gasteiger partial charge in [0.15, 0.2) is 0 Å². The molecule has 1 N–H and O–H groups in total. The van der Waals surface area contributed by atoms with Crippen LogP contribution >= 0.6 is 15.9 Å². The van der Waals surface area contributed by atoms with Crippen LogP contribution in [0, 0.1) is 21.4 Å². The van der Waals surface area contributed by atoms with Gasteiger partial charge in [0.05, 0.1) is 10.6 Å². The molecule has 0 aliphatic heterocycles.